The van der Waals surface area contributed by atoms with E-state index in [1.165, 1.54) is 0 Å². The molecule has 0 saturated carbocycles. The van der Waals surface area contributed by atoms with E-state index >= 15 is 0 Å². The second-order valence-electron chi connectivity index (χ2n) is 4.93. The summed E-state index contributed by atoms with van der Waals surface area (Å²) < 4.78 is 22.1. The number of pyridine rings is 1. The van der Waals surface area contributed by atoms with Gasteiger partial charge >= 0.3 is 0 Å². The molecular weight excluding hydrogens is 290 g/mol. The Morgan fingerprint density at radius 1 is 1.38 bits per heavy atom. The van der Waals surface area contributed by atoms with Gasteiger partial charge in [0.05, 0.1) is 17.3 Å². The number of nitrogens with two attached hydrogens (primary N) is 1. The van der Waals surface area contributed by atoms with Gasteiger partial charge in [-0.05, 0) is 30.7 Å². The van der Waals surface area contributed by atoms with Crippen molar-refractivity contribution in [2.45, 2.75) is 12.5 Å². The Hall–Kier alpha value is -1.99. The van der Waals surface area contributed by atoms with E-state index in [1.807, 2.05) is 12.1 Å². The number of fused-ring (bicyclic) bond motifs is 1. The number of rotatable bonds is 5. The first-order chi connectivity index (χ1) is 9.85. The van der Waals surface area contributed by atoms with Crippen molar-refractivity contribution in [1.29, 1.82) is 0 Å². The minimum atomic E-state index is -3.12. The van der Waals surface area contributed by atoms with Crippen LogP contribution in [0.5, 0.6) is 0 Å². The van der Waals surface area contributed by atoms with Crippen molar-refractivity contribution in [2.24, 2.45) is 5.73 Å². The number of carbonyl (C=O) groups is 1. The van der Waals surface area contributed by atoms with Crippen LogP contribution in [0.4, 0.5) is 5.69 Å². The Balaban J connectivity index is 2.03. The van der Waals surface area contributed by atoms with Crippen LogP contribution < -0.4 is 11.1 Å². The lowest BCUT2D eigenvalue weighted by Gasteiger charge is -2.12. The highest BCUT2D eigenvalue weighted by molar-refractivity contribution is 7.90. The number of amides is 1. The SMILES string of the molecule is CS(=O)(=O)CCC(N)C(=O)Nc1ccc2ncccc2c1. The Bertz CT molecular complexity index is 759. The second-order valence-corrected chi connectivity index (χ2v) is 7.18. The van der Waals surface area contributed by atoms with Gasteiger partial charge in [-0.2, -0.15) is 0 Å². The van der Waals surface area contributed by atoms with E-state index in [0.29, 0.717) is 5.69 Å². The summed E-state index contributed by atoms with van der Waals surface area (Å²) in [7, 11) is -3.12. The second kappa shape index (κ2) is 6.19. The largest absolute Gasteiger partial charge is 0.325 e. The number of sulfone groups is 1. The predicted molar refractivity (Wildman–Crippen MR) is 82.7 cm³/mol. The van der Waals surface area contributed by atoms with Crippen LogP contribution in [-0.2, 0) is 14.6 Å². The molecule has 1 aromatic carbocycles. The topological polar surface area (TPSA) is 102 Å². The van der Waals surface area contributed by atoms with Crippen LogP contribution in [0.2, 0.25) is 0 Å². The molecule has 21 heavy (non-hydrogen) atoms. The highest BCUT2D eigenvalue weighted by Crippen LogP contribution is 2.17. The van der Waals surface area contributed by atoms with Crippen LogP contribution in [-0.4, -0.2) is 37.4 Å². The summed E-state index contributed by atoms with van der Waals surface area (Å²) in [5.74, 6) is -0.509. The molecule has 112 valence electrons. The fraction of sp³-hybridized carbons (Fsp3) is 0.286. The summed E-state index contributed by atoms with van der Waals surface area (Å²) in [6.07, 6.45) is 2.91. The van der Waals surface area contributed by atoms with E-state index in [0.717, 1.165) is 17.2 Å². The number of nitrogens with one attached hydrogen (secondary N) is 1. The molecule has 7 heteroatoms. The van der Waals surface area contributed by atoms with E-state index in [2.05, 4.69) is 10.3 Å². The highest BCUT2D eigenvalue weighted by atomic mass is 32.2. The normalized spacial score (nSPS) is 13.0. The van der Waals surface area contributed by atoms with E-state index < -0.39 is 21.8 Å². The van der Waals surface area contributed by atoms with Gasteiger partial charge in [0.25, 0.3) is 0 Å². The highest BCUT2D eigenvalue weighted by Gasteiger charge is 2.16. The molecule has 0 bridgehead atoms. The van der Waals surface area contributed by atoms with Crippen LogP contribution >= 0.6 is 0 Å². The van der Waals surface area contributed by atoms with Crippen LogP contribution in [0, 0.1) is 0 Å². The number of carbonyl (C=O) groups excluding carboxylic acids is 1. The third-order valence-electron chi connectivity index (χ3n) is 3.01. The van der Waals surface area contributed by atoms with Crippen molar-refractivity contribution in [2.75, 3.05) is 17.3 Å². The molecule has 2 aromatic rings. The van der Waals surface area contributed by atoms with Gasteiger partial charge in [0.15, 0.2) is 0 Å². The van der Waals surface area contributed by atoms with Gasteiger partial charge in [0.1, 0.15) is 9.84 Å². The summed E-state index contributed by atoms with van der Waals surface area (Å²) in [4.78, 5) is 16.1. The molecule has 0 spiro atoms. The molecule has 0 aliphatic carbocycles. The summed E-state index contributed by atoms with van der Waals surface area (Å²) in [5.41, 5.74) is 7.13. The fourth-order valence-corrected chi connectivity index (χ4v) is 2.54. The Morgan fingerprint density at radius 2 is 2.14 bits per heavy atom. The molecule has 1 amide bonds. The monoisotopic (exact) mass is 307 g/mol. The van der Waals surface area contributed by atoms with Gasteiger partial charge in [-0.3, -0.25) is 9.78 Å². The van der Waals surface area contributed by atoms with E-state index in [1.54, 1.807) is 24.4 Å². The molecule has 1 atom stereocenters. The number of hydrogen-bond acceptors (Lipinski definition) is 5. The van der Waals surface area contributed by atoms with E-state index in [4.69, 9.17) is 5.73 Å². The molecule has 0 aliphatic heterocycles. The quantitative estimate of drug-likeness (QED) is 0.855. The van der Waals surface area contributed by atoms with Gasteiger partial charge in [-0.1, -0.05) is 6.07 Å². The Labute approximate surface area is 123 Å². The zero-order chi connectivity index (χ0) is 15.5. The maximum atomic E-state index is 11.9. The summed E-state index contributed by atoms with van der Waals surface area (Å²) >= 11 is 0. The maximum Gasteiger partial charge on any atom is 0.241 e. The van der Waals surface area contributed by atoms with Crippen molar-refractivity contribution < 1.29 is 13.2 Å². The van der Waals surface area contributed by atoms with Crippen LogP contribution in [0.15, 0.2) is 36.5 Å². The fourth-order valence-electron chi connectivity index (χ4n) is 1.86. The molecule has 0 radical (unpaired) electrons. The molecule has 3 N–H and O–H groups in total. The minimum absolute atomic E-state index is 0.0970. The number of anilines is 1. The predicted octanol–water partition coefficient (Wildman–Crippen LogP) is 0.935. The van der Waals surface area contributed by atoms with Crippen molar-refractivity contribution in [3.05, 3.63) is 36.5 Å². The standard InChI is InChI=1S/C14H17N3O3S/c1-21(19,20)8-6-12(15)14(18)17-11-4-5-13-10(9-11)3-2-7-16-13/h2-5,7,9,12H,6,8,15H2,1H3,(H,17,18). The number of aromatic nitrogens is 1. The Kier molecular flexibility index (Phi) is 4.54. The van der Waals surface area contributed by atoms with Crippen molar-refractivity contribution >= 4 is 32.3 Å². The summed E-state index contributed by atoms with van der Waals surface area (Å²) in [6, 6.07) is 8.17. The van der Waals surface area contributed by atoms with Crippen molar-refractivity contribution in [3.63, 3.8) is 0 Å². The zero-order valence-electron chi connectivity index (χ0n) is 11.6. The van der Waals surface area contributed by atoms with Crippen LogP contribution in [0.25, 0.3) is 10.9 Å². The first-order valence-electron chi connectivity index (χ1n) is 6.44. The van der Waals surface area contributed by atoms with Crippen molar-refractivity contribution in [3.8, 4) is 0 Å². The summed E-state index contributed by atoms with van der Waals surface area (Å²) in [5, 5.41) is 3.59. The molecule has 1 aromatic heterocycles. The first-order valence-corrected chi connectivity index (χ1v) is 8.50. The average Bonchev–Trinajstić information content (AvgIpc) is 2.43. The van der Waals surface area contributed by atoms with Gasteiger partial charge < -0.3 is 11.1 Å². The molecule has 1 heterocycles. The zero-order valence-corrected chi connectivity index (χ0v) is 12.4. The lowest BCUT2D eigenvalue weighted by atomic mass is 10.2. The molecule has 6 nitrogen and oxygen atoms in total. The number of benzene rings is 1. The molecule has 1 unspecified atom stereocenters. The molecule has 0 aliphatic rings. The molecule has 2 rings (SSSR count). The molecule has 0 saturated heterocycles. The minimum Gasteiger partial charge on any atom is -0.325 e. The van der Waals surface area contributed by atoms with Gasteiger partial charge in [-0.25, -0.2) is 8.42 Å². The lowest BCUT2D eigenvalue weighted by Crippen LogP contribution is -2.37. The third-order valence-corrected chi connectivity index (χ3v) is 3.98. The lowest BCUT2D eigenvalue weighted by molar-refractivity contribution is -0.117. The van der Waals surface area contributed by atoms with Gasteiger partial charge in [0, 0.05) is 23.5 Å². The Morgan fingerprint density at radius 3 is 2.86 bits per heavy atom. The van der Waals surface area contributed by atoms with E-state index in [9.17, 15) is 13.2 Å². The summed E-state index contributed by atoms with van der Waals surface area (Å²) in [6.45, 7) is 0. The van der Waals surface area contributed by atoms with Crippen molar-refractivity contribution in [1.82, 2.24) is 4.98 Å². The van der Waals surface area contributed by atoms with Crippen LogP contribution in [0.1, 0.15) is 6.42 Å². The molecule has 0 fully saturated rings. The number of nitrogens with zero attached hydrogens (tertiary/aromatic N) is 1. The van der Waals surface area contributed by atoms with Crippen LogP contribution in [0.3, 0.4) is 0 Å². The molecular formula is C14H17N3O3S. The first kappa shape index (κ1) is 15.4. The maximum absolute atomic E-state index is 11.9. The third kappa shape index (κ3) is 4.51. The van der Waals surface area contributed by atoms with Gasteiger partial charge in [0.2, 0.25) is 5.91 Å². The number of hydrogen-bond donors (Lipinski definition) is 2. The van der Waals surface area contributed by atoms with E-state index in [-0.39, 0.29) is 12.2 Å². The smallest absolute Gasteiger partial charge is 0.241 e. The average molecular weight is 307 g/mol. The van der Waals surface area contributed by atoms with Gasteiger partial charge in [-0.15, -0.1) is 0 Å².